The van der Waals surface area contributed by atoms with Crippen LogP contribution in [0.2, 0.25) is 0 Å². The second-order valence-electron chi connectivity index (χ2n) is 2.44. The fourth-order valence-corrected chi connectivity index (χ4v) is 0.891. The van der Waals surface area contributed by atoms with Crippen molar-refractivity contribution in [2.45, 2.75) is 6.54 Å². The molecule has 13 heavy (non-hydrogen) atoms. The first-order chi connectivity index (χ1) is 6.08. The van der Waals surface area contributed by atoms with Crippen LogP contribution >= 0.6 is 0 Å². The van der Waals surface area contributed by atoms with E-state index in [-0.39, 0.29) is 12.1 Å². The lowest BCUT2D eigenvalue weighted by atomic mass is 10.2. The van der Waals surface area contributed by atoms with Gasteiger partial charge in [-0.2, -0.15) is 0 Å². The fraction of sp³-hybridized carbons (Fsp3) is 0.125. The lowest BCUT2D eigenvalue weighted by Gasteiger charge is -2.01. The number of amides is 1. The molecule has 3 nitrogen and oxygen atoms in total. The molecule has 0 bridgehead atoms. The minimum Gasteiger partial charge on any atom is -0.465 e. The molecule has 0 heterocycles. The van der Waals surface area contributed by atoms with Crippen LogP contribution in [0.25, 0.3) is 0 Å². The van der Waals surface area contributed by atoms with Crippen molar-refractivity contribution in [3.05, 3.63) is 35.4 Å². The number of rotatable bonds is 2. The van der Waals surface area contributed by atoms with Gasteiger partial charge < -0.3 is 10.4 Å². The van der Waals surface area contributed by atoms with Gasteiger partial charge in [0.25, 0.3) is 0 Å². The first-order valence-electron chi connectivity index (χ1n) is 3.49. The van der Waals surface area contributed by atoms with E-state index in [0.717, 1.165) is 18.2 Å². The molecule has 0 aliphatic carbocycles. The molecule has 1 aromatic rings. The molecule has 70 valence electrons. The number of carboxylic acid groups (broad SMARTS) is 1. The summed E-state index contributed by atoms with van der Waals surface area (Å²) in [7, 11) is 0. The van der Waals surface area contributed by atoms with Gasteiger partial charge in [0.15, 0.2) is 0 Å². The summed E-state index contributed by atoms with van der Waals surface area (Å²) in [5, 5.41) is 10.2. The molecule has 0 radical (unpaired) electrons. The Morgan fingerprint density at radius 3 is 2.31 bits per heavy atom. The van der Waals surface area contributed by atoms with Gasteiger partial charge in [0.05, 0.1) is 0 Å². The zero-order chi connectivity index (χ0) is 9.84. The monoisotopic (exact) mass is 187 g/mol. The van der Waals surface area contributed by atoms with Gasteiger partial charge in [0, 0.05) is 12.6 Å². The minimum absolute atomic E-state index is 0.107. The number of hydrogen-bond acceptors (Lipinski definition) is 1. The highest BCUT2D eigenvalue weighted by molar-refractivity contribution is 5.64. The van der Waals surface area contributed by atoms with Crippen molar-refractivity contribution in [3.63, 3.8) is 0 Å². The first-order valence-corrected chi connectivity index (χ1v) is 3.49. The van der Waals surface area contributed by atoms with Crippen LogP contribution in [0.3, 0.4) is 0 Å². The molecule has 1 aromatic carbocycles. The van der Waals surface area contributed by atoms with Crippen molar-refractivity contribution in [1.82, 2.24) is 5.32 Å². The van der Waals surface area contributed by atoms with E-state index in [1.165, 1.54) is 0 Å². The second kappa shape index (κ2) is 3.84. The molecule has 0 fully saturated rings. The summed E-state index contributed by atoms with van der Waals surface area (Å²) in [6, 6.07) is 2.86. The Bertz CT molecular complexity index is 308. The van der Waals surface area contributed by atoms with Gasteiger partial charge in [-0.15, -0.1) is 0 Å². The van der Waals surface area contributed by atoms with Crippen LogP contribution in [0.4, 0.5) is 13.6 Å². The molecule has 1 rings (SSSR count). The summed E-state index contributed by atoms with van der Waals surface area (Å²) >= 11 is 0. The predicted molar refractivity (Wildman–Crippen MR) is 41.2 cm³/mol. The zero-order valence-corrected chi connectivity index (χ0v) is 6.55. The normalized spacial score (nSPS) is 9.69. The molecule has 2 N–H and O–H groups in total. The molecular formula is C8H7F2NO2. The first kappa shape index (κ1) is 9.44. The maximum absolute atomic E-state index is 12.5. The summed E-state index contributed by atoms with van der Waals surface area (Å²) in [5.74, 6) is -1.44. The van der Waals surface area contributed by atoms with Crippen LogP contribution in [0.15, 0.2) is 18.2 Å². The Kier molecular flexibility index (Phi) is 2.79. The highest BCUT2D eigenvalue weighted by atomic mass is 19.1. The Hall–Kier alpha value is -1.65. The highest BCUT2D eigenvalue weighted by Crippen LogP contribution is 2.07. The summed E-state index contributed by atoms with van der Waals surface area (Å²) in [6.45, 7) is -0.107. The quantitative estimate of drug-likeness (QED) is 0.740. The summed E-state index contributed by atoms with van der Waals surface area (Å²) < 4.78 is 25.1. The van der Waals surface area contributed by atoms with E-state index in [1.54, 1.807) is 0 Å². The molecule has 1 amide bonds. The third-order valence-corrected chi connectivity index (χ3v) is 1.37. The van der Waals surface area contributed by atoms with Gasteiger partial charge in [0.1, 0.15) is 11.6 Å². The van der Waals surface area contributed by atoms with Crippen LogP contribution in [-0.2, 0) is 6.54 Å². The standard InChI is InChI=1S/C8H7F2NO2/c9-6-1-5(2-7(10)3-6)4-11-8(12)13/h1-3,11H,4H2,(H,12,13). The summed E-state index contributed by atoms with van der Waals surface area (Å²) in [4.78, 5) is 10.0. The van der Waals surface area contributed by atoms with Crippen molar-refractivity contribution in [3.8, 4) is 0 Å². The van der Waals surface area contributed by atoms with E-state index in [2.05, 4.69) is 0 Å². The van der Waals surface area contributed by atoms with E-state index in [0.29, 0.717) is 0 Å². The van der Waals surface area contributed by atoms with E-state index in [1.807, 2.05) is 5.32 Å². The van der Waals surface area contributed by atoms with Gasteiger partial charge in [-0.1, -0.05) is 0 Å². The third kappa shape index (κ3) is 3.06. The molecule has 0 aliphatic heterocycles. The zero-order valence-electron chi connectivity index (χ0n) is 6.55. The van der Waals surface area contributed by atoms with Crippen LogP contribution in [-0.4, -0.2) is 11.2 Å². The Balaban J connectivity index is 2.71. The van der Waals surface area contributed by atoms with Crippen molar-refractivity contribution >= 4 is 6.09 Å². The Morgan fingerprint density at radius 2 is 1.85 bits per heavy atom. The third-order valence-electron chi connectivity index (χ3n) is 1.37. The van der Waals surface area contributed by atoms with E-state index < -0.39 is 17.7 Å². The van der Waals surface area contributed by atoms with E-state index in [9.17, 15) is 13.6 Å². The van der Waals surface area contributed by atoms with Gasteiger partial charge in [-0.25, -0.2) is 13.6 Å². The van der Waals surface area contributed by atoms with Crippen LogP contribution < -0.4 is 5.32 Å². The topological polar surface area (TPSA) is 49.3 Å². The smallest absolute Gasteiger partial charge is 0.404 e. The van der Waals surface area contributed by atoms with Crippen LogP contribution in [0.5, 0.6) is 0 Å². The molecule has 0 saturated carbocycles. The minimum atomic E-state index is -1.23. The highest BCUT2D eigenvalue weighted by Gasteiger charge is 2.01. The van der Waals surface area contributed by atoms with Crippen LogP contribution in [0, 0.1) is 11.6 Å². The lowest BCUT2D eigenvalue weighted by Crippen LogP contribution is -2.20. The summed E-state index contributed by atoms with van der Waals surface area (Å²) in [6.07, 6.45) is -1.23. The molecule has 0 unspecified atom stereocenters. The molecule has 0 aliphatic rings. The van der Waals surface area contributed by atoms with Crippen molar-refractivity contribution in [1.29, 1.82) is 0 Å². The second-order valence-corrected chi connectivity index (χ2v) is 2.44. The maximum Gasteiger partial charge on any atom is 0.404 e. The van der Waals surface area contributed by atoms with Gasteiger partial charge in [-0.05, 0) is 17.7 Å². The Morgan fingerprint density at radius 1 is 1.31 bits per heavy atom. The van der Waals surface area contributed by atoms with Crippen molar-refractivity contribution in [2.24, 2.45) is 0 Å². The molecule has 5 heteroatoms. The predicted octanol–water partition coefficient (Wildman–Crippen LogP) is 1.73. The fourth-order valence-electron chi connectivity index (χ4n) is 0.891. The number of hydrogen-bond donors (Lipinski definition) is 2. The lowest BCUT2D eigenvalue weighted by molar-refractivity contribution is 0.194. The SMILES string of the molecule is O=C(O)NCc1cc(F)cc(F)c1. The van der Waals surface area contributed by atoms with Gasteiger partial charge in [0.2, 0.25) is 0 Å². The number of benzene rings is 1. The van der Waals surface area contributed by atoms with Crippen molar-refractivity contribution < 1.29 is 18.7 Å². The number of halogens is 2. The maximum atomic E-state index is 12.5. The van der Waals surface area contributed by atoms with E-state index >= 15 is 0 Å². The van der Waals surface area contributed by atoms with Gasteiger partial charge >= 0.3 is 6.09 Å². The molecule has 0 saturated heterocycles. The molecular weight excluding hydrogens is 180 g/mol. The summed E-state index contributed by atoms with van der Waals surface area (Å²) in [5.41, 5.74) is 0.250. The van der Waals surface area contributed by atoms with E-state index in [4.69, 9.17) is 5.11 Å². The largest absolute Gasteiger partial charge is 0.465 e. The molecule has 0 aromatic heterocycles. The average Bonchev–Trinajstić information content (AvgIpc) is 1.99. The molecule has 0 atom stereocenters. The Labute approximate surface area is 73.0 Å². The number of nitrogens with one attached hydrogen (secondary N) is 1. The average molecular weight is 187 g/mol. The van der Waals surface area contributed by atoms with Crippen molar-refractivity contribution in [2.75, 3.05) is 0 Å². The van der Waals surface area contributed by atoms with Gasteiger partial charge in [-0.3, -0.25) is 0 Å². The molecule has 0 spiro atoms. The van der Waals surface area contributed by atoms with Crippen LogP contribution in [0.1, 0.15) is 5.56 Å². The number of carbonyl (C=O) groups is 1.